The third-order valence-corrected chi connectivity index (χ3v) is 3.27. The first kappa shape index (κ1) is 17.6. The lowest BCUT2D eigenvalue weighted by Crippen LogP contribution is -2.24. The predicted molar refractivity (Wildman–Crippen MR) is 81.9 cm³/mol. The zero-order valence-corrected chi connectivity index (χ0v) is 12.9. The monoisotopic (exact) mass is 295 g/mol. The molecule has 0 bridgehead atoms. The van der Waals surface area contributed by atoms with Crippen molar-refractivity contribution in [2.45, 2.75) is 12.8 Å². The molecular formula is C16H25NO4. The van der Waals surface area contributed by atoms with Gasteiger partial charge in [0.25, 0.3) is 0 Å². The van der Waals surface area contributed by atoms with Crippen molar-refractivity contribution >= 4 is 5.97 Å². The van der Waals surface area contributed by atoms with Crippen LogP contribution in [0.25, 0.3) is 0 Å². The largest absolute Gasteiger partial charge is 0.478 e. The van der Waals surface area contributed by atoms with Crippen molar-refractivity contribution < 1.29 is 19.4 Å². The van der Waals surface area contributed by atoms with Crippen LogP contribution in [0, 0.1) is 0 Å². The summed E-state index contributed by atoms with van der Waals surface area (Å²) in [5.41, 5.74) is 1.28. The summed E-state index contributed by atoms with van der Waals surface area (Å²) < 4.78 is 10.3. The Morgan fingerprint density at radius 2 is 1.95 bits per heavy atom. The maximum atomic E-state index is 11.1. The van der Waals surface area contributed by atoms with Gasteiger partial charge in [0, 0.05) is 26.8 Å². The van der Waals surface area contributed by atoms with Crippen LogP contribution in [0.4, 0.5) is 0 Å². The number of carbonyl (C=O) groups is 1. The Kier molecular flexibility index (Phi) is 8.66. The van der Waals surface area contributed by atoms with Crippen LogP contribution in [0.3, 0.4) is 0 Å². The molecule has 118 valence electrons. The van der Waals surface area contributed by atoms with E-state index in [-0.39, 0.29) is 0 Å². The van der Waals surface area contributed by atoms with E-state index < -0.39 is 5.97 Å². The molecule has 1 aromatic carbocycles. The van der Waals surface area contributed by atoms with Gasteiger partial charge in [0.2, 0.25) is 0 Å². The molecule has 0 aromatic heterocycles. The van der Waals surface area contributed by atoms with Gasteiger partial charge in [-0.25, -0.2) is 4.79 Å². The van der Waals surface area contributed by atoms with Crippen molar-refractivity contribution in [1.82, 2.24) is 4.90 Å². The molecule has 5 heteroatoms. The second-order valence-corrected chi connectivity index (χ2v) is 4.97. The molecule has 0 spiro atoms. The van der Waals surface area contributed by atoms with Crippen LogP contribution in [0.15, 0.2) is 24.3 Å². The van der Waals surface area contributed by atoms with Crippen molar-refractivity contribution in [3.63, 3.8) is 0 Å². The fourth-order valence-electron chi connectivity index (χ4n) is 2.05. The van der Waals surface area contributed by atoms with Crippen molar-refractivity contribution in [2.24, 2.45) is 0 Å². The maximum Gasteiger partial charge on any atom is 0.335 e. The molecule has 0 saturated heterocycles. The zero-order valence-electron chi connectivity index (χ0n) is 12.9. The second kappa shape index (κ2) is 10.3. The van der Waals surface area contributed by atoms with E-state index >= 15 is 0 Å². The quantitative estimate of drug-likeness (QED) is 0.632. The van der Waals surface area contributed by atoms with Gasteiger partial charge in [-0.05, 0) is 31.5 Å². The van der Waals surface area contributed by atoms with Gasteiger partial charge in [-0.3, -0.25) is 0 Å². The van der Waals surface area contributed by atoms with E-state index in [1.807, 2.05) is 19.2 Å². The van der Waals surface area contributed by atoms with Crippen LogP contribution in [0.2, 0.25) is 0 Å². The van der Waals surface area contributed by atoms with Gasteiger partial charge in [-0.15, -0.1) is 0 Å². The number of carboxylic acid groups (broad SMARTS) is 1. The predicted octanol–water partition coefficient (Wildman–Crippen LogP) is 1.91. The van der Waals surface area contributed by atoms with Crippen molar-refractivity contribution in [3.05, 3.63) is 35.4 Å². The smallest absolute Gasteiger partial charge is 0.335 e. The van der Waals surface area contributed by atoms with Crippen LogP contribution in [-0.2, 0) is 15.9 Å². The van der Waals surface area contributed by atoms with Crippen molar-refractivity contribution in [1.29, 1.82) is 0 Å². The van der Waals surface area contributed by atoms with Crippen LogP contribution in [0.1, 0.15) is 22.3 Å². The SMILES string of the molecule is COCCOCCCN(C)CCc1ccccc1C(=O)O. The number of rotatable bonds is 11. The van der Waals surface area contributed by atoms with Gasteiger partial charge in [-0.2, -0.15) is 0 Å². The highest BCUT2D eigenvalue weighted by Gasteiger charge is 2.09. The highest BCUT2D eigenvalue weighted by atomic mass is 16.5. The van der Waals surface area contributed by atoms with Gasteiger partial charge < -0.3 is 19.5 Å². The van der Waals surface area contributed by atoms with Crippen LogP contribution in [0.5, 0.6) is 0 Å². The number of carboxylic acids is 1. The molecule has 0 saturated carbocycles. The molecule has 0 atom stereocenters. The van der Waals surface area contributed by atoms with E-state index in [9.17, 15) is 4.79 Å². The highest BCUT2D eigenvalue weighted by molar-refractivity contribution is 5.89. The standard InChI is InChI=1S/C16H25NO4/c1-17(9-5-11-21-13-12-20-2)10-8-14-6-3-4-7-15(14)16(18)19/h3-4,6-7H,5,8-13H2,1-2H3,(H,18,19). The minimum atomic E-state index is -0.861. The lowest BCUT2D eigenvalue weighted by molar-refractivity contribution is 0.0663. The Balaban J connectivity index is 2.24. The average molecular weight is 295 g/mol. The third kappa shape index (κ3) is 7.22. The van der Waals surface area contributed by atoms with E-state index in [0.717, 1.165) is 38.1 Å². The molecule has 0 aliphatic rings. The summed E-state index contributed by atoms with van der Waals surface area (Å²) in [6, 6.07) is 7.17. The number of methoxy groups -OCH3 is 1. The van der Waals surface area contributed by atoms with Gasteiger partial charge in [0.1, 0.15) is 0 Å². The number of hydrogen-bond acceptors (Lipinski definition) is 4. The molecule has 0 amide bonds. The summed E-state index contributed by atoms with van der Waals surface area (Å²) in [4.78, 5) is 13.3. The van der Waals surface area contributed by atoms with E-state index in [2.05, 4.69) is 4.90 Å². The summed E-state index contributed by atoms with van der Waals surface area (Å²) in [5, 5.41) is 9.13. The summed E-state index contributed by atoms with van der Waals surface area (Å²) in [6.07, 6.45) is 1.70. The molecular weight excluding hydrogens is 270 g/mol. The number of likely N-dealkylation sites (N-methyl/N-ethyl adjacent to an activating group) is 1. The second-order valence-electron chi connectivity index (χ2n) is 4.97. The normalized spacial score (nSPS) is 11.0. The van der Waals surface area contributed by atoms with E-state index in [4.69, 9.17) is 14.6 Å². The summed E-state index contributed by atoms with van der Waals surface area (Å²) in [6.45, 7) is 3.75. The molecule has 1 rings (SSSR count). The lowest BCUT2D eigenvalue weighted by atomic mass is 10.0. The molecule has 0 unspecified atom stereocenters. The van der Waals surface area contributed by atoms with Gasteiger partial charge in [0.05, 0.1) is 18.8 Å². The van der Waals surface area contributed by atoms with E-state index in [1.54, 1.807) is 19.2 Å². The van der Waals surface area contributed by atoms with Gasteiger partial charge in [0.15, 0.2) is 0 Å². The average Bonchev–Trinajstić information content (AvgIpc) is 2.49. The minimum Gasteiger partial charge on any atom is -0.478 e. The van der Waals surface area contributed by atoms with E-state index in [1.165, 1.54) is 0 Å². The van der Waals surface area contributed by atoms with Gasteiger partial charge >= 0.3 is 5.97 Å². The molecule has 0 heterocycles. The Morgan fingerprint density at radius 3 is 2.67 bits per heavy atom. The molecule has 0 radical (unpaired) electrons. The van der Waals surface area contributed by atoms with Gasteiger partial charge in [-0.1, -0.05) is 18.2 Å². The molecule has 5 nitrogen and oxygen atoms in total. The molecule has 1 N–H and O–H groups in total. The number of nitrogens with zero attached hydrogens (tertiary/aromatic N) is 1. The fourth-order valence-corrected chi connectivity index (χ4v) is 2.05. The molecule has 0 aliphatic carbocycles. The number of benzene rings is 1. The molecule has 1 aromatic rings. The first-order valence-electron chi connectivity index (χ1n) is 7.21. The lowest BCUT2D eigenvalue weighted by Gasteiger charge is -2.17. The zero-order chi connectivity index (χ0) is 15.5. The highest BCUT2D eigenvalue weighted by Crippen LogP contribution is 2.10. The maximum absolute atomic E-state index is 11.1. The van der Waals surface area contributed by atoms with Crippen molar-refractivity contribution in [2.75, 3.05) is 47.1 Å². The fraction of sp³-hybridized carbons (Fsp3) is 0.562. The van der Waals surface area contributed by atoms with E-state index in [0.29, 0.717) is 18.8 Å². The van der Waals surface area contributed by atoms with Crippen molar-refractivity contribution in [3.8, 4) is 0 Å². The number of aromatic carboxylic acids is 1. The molecule has 21 heavy (non-hydrogen) atoms. The Morgan fingerprint density at radius 1 is 1.19 bits per heavy atom. The van der Waals surface area contributed by atoms with Crippen LogP contribution >= 0.6 is 0 Å². The third-order valence-electron chi connectivity index (χ3n) is 3.27. The topological polar surface area (TPSA) is 59.0 Å². The summed E-state index contributed by atoms with van der Waals surface area (Å²) in [7, 11) is 3.70. The first-order chi connectivity index (χ1) is 10.1. The van der Waals surface area contributed by atoms with Crippen LogP contribution < -0.4 is 0 Å². The molecule has 0 fully saturated rings. The Hall–Kier alpha value is -1.43. The minimum absolute atomic E-state index is 0.397. The number of hydrogen-bond donors (Lipinski definition) is 1. The Labute approximate surface area is 126 Å². The number of ether oxygens (including phenoxy) is 2. The first-order valence-corrected chi connectivity index (χ1v) is 7.21. The summed E-state index contributed by atoms with van der Waals surface area (Å²) >= 11 is 0. The Bertz CT molecular complexity index is 422. The summed E-state index contributed by atoms with van der Waals surface area (Å²) in [5.74, 6) is -0.861. The molecule has 0 aliphatic heterocycles. The van der Waals surface area contributed by atoms with Crippen LogP contribution in [-0.4, -0.2) is 63.0 Å².